The molecule has 2 atom stereocenters. The van der Waals surface area contributed by atoms with Crippen molar-refractivity contribution in [3.8, 4) is 11.5 Å². The number of unbranched alkanes of at least 4 members (excludes halogenated alkanes) is 4. The summed E-state index contributed by atoms with van der Waals surface area (Å²) in [4.78, 5) is 23.8. The third-order valence-corrected chi connectivity index (χ3v) is 5.97. The lowest BCUT2D eigenvalue weighted by Crippen LogP contribution is -2.17. The second-order valence-electron chi connectivity index (χ2n) is 8.90. The van der Waals surface area contributed by atoms with E-state index in [4.69, 9.17) is 9.47 Å². The van der Waals surface area contributed by atoms with Crippen molar-refractivity contribution in [1.82, 2.24) is 0 Å². The molecule has 6 heteroatoms. The van der Waals surface area contributed by atoms with Gasteiger partial charge in [0.25, 0.3) is 0 Å². The van der Waals surface area contributed by atoms with Gasteiger partial charge in [0.1, 0.15) is 34.8 Å². The Kier molecular flexibility index (Phi) is 15.7. The fraction of sp³-hybridized carbons (Fsp3) is 0.533. The van der Waals surface area contributed by atoms with Crippen LogP contribution in [-0.2, 0) is 9.47 Å². The van der Waals surface area contributed by atoms with Gasteiger partial charge < -0.3 is 19.7 Å². The zero-order valence-corrected chi connectivity index (χ0v) is 22.4. The highest BCUT2D eigenvalue weighted by Crippen LogP contribution is 2.20. The van der Waals surface area contributed by atoms with Crippen molar-refractivity contribution in [3.05, 3.63) is 59.7 Å². The number of hydrogen-bond acceptors (Lipinski definition) is 6. The van der Waals surface area contributed by atoms with Crippen LogP contribution in [-0.4, -0.2) is 34.4 Å². The molecule has 2 aromatic rings. The van der Waals surface area contributed by atoms with E-state index >= 15 is 0 Å². The van der Waals surface area contributed by atoms with Crippen LogP contribution in [0.2, 0.25) is 0 Å². The van der Waals surface area contributed by atoms with Crippen LogP contribution in [0.15, 0.2) is 48.5 Å². The van der Waals surface area contributed by atoms with Gasteiger partial charge in [-0.1, -0.05) is 77.6 Å². The summed E-state index contributed by atoms with van der Waals surface area (Å²) >= 11 is 0. The predicted molar refractivity (Wildman–Crippen MR) is 143 cm³/mol. The molecule has 0 aliphatic rings. The first-order chi connectivity index (χ1) is 17.4. The number of esters is 2. The standard InChI is InChI=1S/2C15H22O3/c2*1-3-5-6-9-12(4-2)18-15(17)13-10-7-8-11-14(13)16/h2*7-8,10-12,16H,3-6,9H2,1-2H3. The molecule has 0 heterocycles. The zero-order chi connectivity index (χ0) is 26.8. The first-order valence-electron chi connectivity index (χ1n) is 13.4. The van der Waals surface area contributed by atoms with Gasteiger partial charge >= 0.3 is 11.9 Å². The van der Waals surface area contributed by atoms with Gasteiger partial charge in [0.05, 0.1) is 0 Å². The van der Waals surface area contributed by atoms with Gasteiger partial charge in [0.2, 0.25) is 0 Å². The maximum atomic E-state index is 11.9. The minimum atomic E-state index is -0.434. The number of aromatic hydroxyl groups is 2. The number of para-hydroxylation sites is 2. The highest BCUT2D eigenvalue weighted by atomic mass is 16.5. The van der Waals surface area contributed by atoms with Crippen molar-refractivity contribution in [2.24, 2.45) is 0 Å². The van der Waals surface area contributed by atoms with E-state index < -0.39 is 11.9 Å². The van der Waals surface area contributed by atoms with Crippen molar-refractivity contribution < 1.29 is 29.3 Å². The third-order valence-electron chi connectivity index (χ3n) is 5.97. The molecule has 2 unspecified atom stereocenters. The van der Waals surface area contributed by atoms with E-state index in [9.17, 15) is 19.8 Å². The number of phenolic OH excluding ortho intramolecular Hbond substituents is 2. The molecule has 6 nitrogen and oxygen atoms in total. The van der Waals surface area contributed by atoms with Gasteiger partial charge in [0.15, 0.2) is 0 Å². The molecule has 0 aromatic heterocycles. The summed E-state index contributed by atoms with van der Waals surface area (Å²) in [5, 5.41) is 19.2. The molecule has 0 saturated heterocycles. The molecular weight excluding hydrogens is 456 g/mol. The Hall–Kier alpha value is -3.02. The average Bonchev–Trinajstić information content (AvgIpc) is 2.88. The molecule has 2 rings (SSSR count). The van der Waals surface area contributed by atoms with Crippen LogP contribution < -0.4 is 0 Å². The summed E-state index contributed by atoms with van der Waals surface area (Å²) in [6, 6.07) is 13.0. The maximum Gasteiger partial charge on any atom is 0.342 e. The molecule has 2 N–H and O–H groups in total. The largest absolute Gasteiger partial charge is 0.507 e. The lowest BCUT2D eigenvalue weighted by Gasteiger charge is -2.16. The maximum absolute atomic E-state index is 11.9. The van der Waals surface area contributed by atoms with Crippen molar-refractivity contribution in [2.45, 2.75) is 104 Å². The Balaban J connectivity index is 0.000000360. The molecule has 0 aliphatic heterocycles. The Morgan fingerprint density at radius 1 is 0.639 bits per heavy atom. The van der Waals surface area contributed by atoms with E-state index in [1.54, 1.807) is 36.4 Å². The third kappa shape index (κ3) is 11.6. The summed E-state index contributed by atoms with van der Waals surface area (Å²) in [6.07, 6.45) is 10.1. The lowest BCUT2D eigenvalue weighted by molar-refractivity contribution is 0.0254. The number of carbonyl (C=O) groups excluding carboxylic acids is 2. The van der Waals surface area contributed by atoms with Crippen LogP contribution in [0.1, 0.15) is 113 Å². The van der Waals surface area contributed by atoms with Crippen LogP contribution in [0.25, 0.3) is 0 Å². The summed E-state index contributed by atoms with van der Waals surface area (Å²) < 4.78 is 10.8. The summed E-state index contributed by atoms with van der Waals surface area (Å²) in [6.45, 7) is 8.31. The summed E-state index contributed by atoms with van der Waals surface area (Å²) in [5.41, 5.74) is 0.484. The van der Waals surface area contributed by atoms with E-state index in [-0.39, 0.29) is 34.8 Å². The lowest BCUT2D eigenvalue weighted by atomic mass is 10.1. The summed E-state index contributed by atoms with van der Waals surface area (Å²) in [7, 11) is 0. The Bertz CT molecular complexity index is 821. The number of carbonyl (C=O) groups is 2. The average molecular weight is 501 g/mol. The van der Waals surface area contributed by atoms with Gasteiger partial charge in [-0.3, -0.25) is 0 Å². The summed E-state index contributed by atoms with van der Waals surface area (Å²) in [5.74, 6) is -0.912. The minimum absolute atomic E-state index is 0.0223. The molecule has 36 heavy (non-hydrogen) atoms. The number of ether oxygens (including phenoxy) is 2. The van der Waals surface area contributed by atoms with Gasteiger partial charge in [-0.15, -0.1) is 0 Å². The highest BCUT2D eigenvalue weighted by molar-refractivity contribution is 5.92. The number of hydrogen-bond donors (Lipinski definition) is 2. The highest BCUT2D eigenvalue weighted by Gasteiger charge is 2.17. The molecule has 2 aromatic carbocycles. The second-order valence-corrected chi connectivity index (χ2v) is 8.90. The number of benzene rings is 2. The molecule has 200 valence electrons. The molecule has 0 spiro atoms. The molecule has 0 amide bonds. The van der Waals surface area contributed by atoms with E-state index in [2.05, 4.69) is 13.8 Å². The van der Waals surface area contributed by atoms with E-state index in [1.807, 2.05) is 13.8 Å². The fourth-order valence-electron chi connectivity index (χ4n) is 3.66. The van der Waals surface area contributed by atoms with Gasteiger partial charge in [0, 0.05) is 0 Å². The van der Waals surface area contributed by atoms with E-state index in [0.29, 0.717) is 0 Å². The Labute approximate surface area is 216 Å². The van der Waals surface area contributed by atoms with Gasteiger partial charge in [-0.2, -0.15) is 0 Å². The predicted octanol–water partition coefficient (Wildman–Crippen LogP) is 7.82. The molecule has 0 aliphatic carbocycles. The van der Waals surface area contributed by atoms with Crippen molar-refractivity contribution in [2.75, 3.05) is 0 Å². The topological polar surface area (TPSA) is 93.1 Å². The molecule has 0 radical (unpaired) electrons. The molecule has 0 bridgehead atoms. The van der Waals surface area contributed by atoms with Gasteiger partial charge in [-0.25, -0.2) is 9.59 Å². The second kappa shape index (κ2) is 18.3. The first-order valence-corrected chi connectivity index (χ1v) is 13.4. The Morgan fingerprint density at radius 2 is 1.00 bits per heavy atom. The van der Waals surface area contributed by atoms with Crippen LogP contribution >= 0.6 is 0 Å². The van der Waals surface area contributed by atoms with E-state index in [1.165, 1.54) is 12.1 Å². The van der Waals surface area contributed by atoms with Crippen LogP contribution in [0.3, 0.4) is 0 Å². The van der Waals surface area contributed by atoms with Crippen LogP contribution in [0, 0.1) is 0 Å². The quantitative estimate of drug-likeness (QED) is 0.203. The zero-order valence-electron chi connectivity index (χ0n) is 22.4. The van der Waals surface area contributed by atoms with Gasteiger partial charge in [-0.05, 0) is 62.8 Å². The fourth-order valence-corrected chi connectivity index (χ4v) is 3.66. The number of rotatable bonds is 14. The SMILES string of the molecule is CCCCCC(CC)OC(=O)c1ccccc1O.CCCCCC(CC)OC(=O)c1ccccc1O. The smallest absolute Gasteiger partial charge is 0.342 e. The van der Waals surface area contributed by atoms with Crippen molar-refractivity contribution >= 4 is 11.9 Å². The van der Waals surface area contributed by atoms with Crippen LogP contribution in [0.5, 0.6) is 11.5 Å². The molecule has 0 fully saturated rings. The molecule has 0 saturated carbocycles. The molecular formula is C30H44O6. The van der Waals surface area contributed by atoms with Crippen LogP contribution in [0.4, 0.5) is 0 Å². The Morgan fingerprint density at radius 3 is 1.31 bits per heavy atom. The normalized spacial score (nSPS) is 12.1. The minimum Gasteiger partial charge on any atom is -0.507 e. The van der Waals surface area contributed by atoms with E-state index in [0.717, 1.165) is 64.2 Å². The number of phenols is 2. The van der Waals surface area contributed by atoms with Crippen molar-refractivity contribution in [3.63, 3.8) is 0 Å². The first kappa shape index (κ1) is 31.0. The monoisotopic (exact) mass is 500 g/mol. The van der Waals surface area contributed by atoms with Crippen molar-refractivity contribution in [1.29, 1.82) is 0 Å².